The van der Waals surface area contributed by atoms with Crippen molar-refractivity contribution >= 4 is 22.7 Å². The molecule has 25 heavy (non-hydrogen) atoms. The number of likely N-dealkylation sites (tertiary alicyclic amines) is 1. The number of pyridine rings is 1. The maximum atomic E-state index is 13.1. The predicted octanol–water partition coefficient (Wildman–Crippen LogP) is 1.99. The Kier molecular flexibility index (Phi) is 4.99. The van der Waals surface area contributed by atoms with E-state index in [2.05, 4.69) is 10.3 Å². The van der Waals surface area contributed by atoms with Gasteiger partial charge in [0.15, 0.2) is 0 Å². The molecule has 0 unspecified atom stereocenters. The van der Waals surface area contributed by atoms with Crippen molar-refractivity contribution in [3.05, 3.63) is 42.1 Å². The van der Waals surface area contributed by atoms with Crippen LogP contribution in [0.2, 0.25) is 0 Å². The highest BCUT2D eigenvalue weighted by Gasteiger charge is 2.45. The molecule has 2 aromatic rings. The number of nitrogens with one attached hydrogen (secondary N) is 1. The van der Waals surface area contributed by atoms with Gasteiger partial charge in [-0.3, -0.25) is 9.59 Å². The molecule has 132 valence electrons. The molecule has 2 heterocycles. The van der Waals surface area contributed by atoms with E-state index in [1.807, 2.05) is 30.3 Å². The van der Waals surface area contributed by atoms with Crippen molar-refractivity contribution in [3.8, 4) is 0 Å². The number of ether oxygens (including phenoxy) is 1. The van der Waals surface area contributed by atoms with Gasteiger partial charge < -0.3 is 15.0 Å². The Bertz CT molecular complexity index is 792. The number of methoxy groups -OCH3 is 1. The highest BCUT2D eigenvalue weighted by Crippen LogP contribution is 2.34. The largest absolute Gasteiger partial charge is 0.382 e. The number of aromatic nitrogens is 1. The maximum absolute atomic E-state index is 13.1. The molecule has 2 amide bonds. The highest BCUT2D eigenvalue weighted by molar-refractivity contribution is 5.96. The first-order valence-corrected chi connectivity index (χ1v) is 8.47. The molecule has 0 aliphatic carbocycles. The molecule has 1 saturated heterocycles. The van der Waals surface area contributed by atoms with Crippen molar-refractivity contribution in [1.29, 1.82) is 0 Å². The molecule has 1 aliphatic heterocycles. The van der Waals surface area contributed by atoms with E-state index in [0.717, 1.165) is 23.7 Å². The number of carbonyl (C=O) groups is 2. The van der Waals surface area contributed by atoms with Gasteiger partial charge in [0.2, 0.25) is 5.91 Å². The Morgan fingerprint density at radius 3 is 2.84 bits per heavy atom. The third-order valence-corrected chi connectivity index (χ3v) is 4.84. The molecular formula is C19H23N3O3. The zero-order valence-corrected chi connectivity index (χ0v) is 14.6. The van der Waals surface area contributed by atoms with Gasteiger partial charge in [0.25, 0.3) is 5.91 Å². The molecule has 6 heteroatoms. The number of para-hydroxylation sites is 1. The Morgan fingerprint density at radius 1 is 1.28 bits per heavy atom. The standard InChI is InChI=1S/C19H23N3O3/c1-20-17(23)12-19(13-25-2)10-5-11-22(19)18(24)16-9-8-14-6-3-4-7-15(14)21-16/h3-4,6-9H,5,10-13H2,1-2H3,(H,20,23)/t19-/m1/s1. The van der Waals surface area contributed by atoms with Crippen LogP contribution in [0.25, 0.3) is 10.9 Å². The lowest BCUT2D eigenvalue weighted by Gasteiger charge is -2.37. The van der Waals surface area contributed by atoms with Crippen molar-refractivity contribution in [1.82, 2.24) is 15.2 Å². The highest BCUT2D eigenvalue weighted by atomic mass is 16.5. The lowest BCUT2D eigenvalue weighted by Crippen LogP contribution is -2.53. The van der Waals surface area contributed by atoms with E-state index in [9.17, 15) is 9.59 Å². The van der Waals surface area contributed by atoms with Crippen LogP contribution in [0, 0.1) is 0 Å². The van der Waals surface area contributed by atoms with Gasteiger partial charge in [0.1, 0.15) is 5.69 Å². The van der Waals surface area contributed by atoms with Crippen LogP contribution in [-0.4, -0.2) is 54.5 Å². The minimum Gasteiger partial charge on any atom is -0.382 e. The SMILES string of the molecule is CNC(=O)C[C@@]1(COC)CCCN1C(=O)c1ccc2ccccc2n1. The van der Waals surface area contributed by atoms with E-state index >= 15 is 0 Å². The summed E-state index contributed by atoms with van der Waals surface area (Å²) in [5.41, 5.74) is 0.577. The molecule has 0 bridgehead atoms. The summed E-state index contributed by atoms with van der Waals surface area (Å²) in [6.45, 7) is 0.938. The summed E-state index contributed by atoms with van der Waals surface area (Å²) in [5, 5.41) is 3.64. The minimum atomic E-state index is -0.612. The van der Waals surface area contributed by atoms with Crippen LogP contribution < -0.4 is 5.32 Å². The Labute approximate surface area is 147 Å². The third kappa shape index (κ3) is 3.35. The smallest absolute Gasteiger partial charge is 0.273 e. The number of benzene rings is 1. The van der Waals surface area contributed by atoms with Crippen LogP contribution >= 0.6 is 0 Å². The number of fused-ring (bicyclic) bond motifs is 1. The first-order valence-electron chi connectivity index (χ1n) is 8.47. The van der Waals surface area contributed by atoms with Gasteiger partial charge in [0.05, 0.1) is 24.1 Å². The molecule has 1 fully saturated rings. The van der Waals surface area contributed by atoms with Crippen LogP contribution in [0.4, 0.5) is 0 Å². The van der Waals surface area contributed by atoms with Crippen molar-refractivity contribution in [3.63, 3.8) is 0 Å². The summed E-state index contributed by atoms with van der Waals surface area (Å²) in [7, 11) is 3.20. The van der Waals surface area contributed by atoms with E-state index in [1.165, 1.54) is 0 Å². The maximum Gasteiger partial charge on any atom is 0.273 e. The van der Waals surface area contributed by atoms with Gasteiger partial charge in [-0.1, -0.05) is 24.3 Å². The summed E-state index contributed by atoms with van der Waals surface area (Å²) >= 11 is 0. The molecule has 0 saturated carbocycles. The Balaban J connectivity index is 1.93. The fraction of sp³-hybridized carbons (Fsp3) is 0.421. The molecule has 0 spiro atoms. The Morgan fingerprint density at radius 2 is 2.08 bits per heavy atom. The number of rotatable bonds is 5. The normalized spacial score (nSPS) is 20.0. The lowest BCUT2D eigenvalue weighted by atomic mass is 9.92. The second-order valence-electron chi connectivity index (χ2n) is 6.46. The van der Waals surface area contributed by atoms with Gasteiger partial charge >= 0.3 is 0 Å². The topological polar surface area (TPSA) is 71.5 Å². The van der Waals surface area contributed by atoms with E-state index in [-0.39, 0.29) is 18.2 Å². The van der Waals surface area contributed by atoms with Gasteiger partial charge in [-0.15, -0.1) is 0 Å². The fourth-order valence-electron chi connectivity index (χ4n) is 3.62. The van der Waals surface area contributed by atoms with Gasteiger partial charge in [-0.25, -0.2) is 4.98 Å². The minimum absolute atomic E-state index is 0.0942. The summed E-state index contributed by atoms with van der Waals surface area (Å²) < 4.78 is 5.37. The first-order chi connectivity index (χ1) is 12.1. The molecule has 3 rings (SSSR count). The zero-order valence-electron chi connectivity index (χ0n) is 14.6. The summed E-state index contributed by atoms with van der Waals surface area (Å²) in [4.78, 5) is 31.4. The van der Waals surface area contributed by atoms with Crippen LogP contribution in [0.5, 0.6) is 0 Å². The van der Waals surface area contributed by atoms with Crippen molar-refractivity contribution < 1.29 is 14.3 Å². The van der Waals surface area contributed by atoms with Crippen LogP contribution in [0.3, 0.4) is 0 Å². The van der Waals surface area contributed by atoms with Crippen LogP contribution in [0.1, 0.15) is 29.8 Å². The monoisotopic (exact) mass is 341 g/mol. The number of hydrogen-bond acceptors (Lipinski definition) is 4. The van der Waals surface area contributed by atoms with Gasteiger partial charge in [0, 0.05) is 26.1 Å². The van der Waals surface area contributed by atoms with E-state index in [0.29, 0.717) is 18.8 Å². The van der Waals surface area contributed by atoms with Gasteiger partial charge in [-0.2, -0.15) is 0 Å². The summed E-state index contributed by atoms with van der Waals surface area (Å²) in [5.74, 6) is -0.243. The number of amides is 2. The molecule has 1 atom stereocenters. The van der Waals surface area contributed by atoms with Gasteiger partial charge in [-0.05, 0) is 25.0 Å². The third-order valence-electron chi connectivity index (χ3n) is 4.84. The average molecular weight is 341 g/mol. The first kappa shape index (κ1) is 17.4. The summed E-state index contributed by atoms with van der Waals surface area (Å²) in [6.07, 6.45) is 1.82. The second-order valence-corrected chi connectivity index (χ2v) is 6.46. The molecule has 6 nitrogen and oxygen atoms in total. The van der Waals surface area contributed by atoms with Crippen molar-refractivity contribution in [2.24, 2.45) is 0 Å². The molecular weight excluding hydrogens is 318 g/mol. The fourth-order valence-corrected chi connectivity index (χ4v) is 3.62. The summed E-state index contributed by atoms with van der Waals surface area (Å²) in [6, 6.07) is 11.4. The second kappa shape index (κ2) is 7.19. The van der Waals surface area contributed by atoms with Crippen molar-refractivity contribution in [2.45, 2.75) is 24.8 Å². The lowest BCUT2D eigenvalue weighted by molar-refractivity contribution is -0.123. The van der Waals surface area contributed by atoms with E-state index in [4.69, 9.17) is 4.74 Å². The number of nitrogens with zero attached hydrogens (tertiary/aromatic N) is 2. The van der Waals surface area contributed by atoms with E-state index < -0.39 is 5.54 Å². The molecule has 1 aromatic carbocycles. The molecule has 0 radical (unpaired) electrons. The molecule has 1 aliphatic rings. The van der Waals surface area contributed by atoms with Crippen LogP contribution in [0.15, 0.2) is 36.4 Å². The quantitative estimate of drug-likeness (QED) is 0.903. The molecule has 1 N–H and O–H groups in total. The van der Waals surface area contributed by atoms with Crippen molar-refractivity contribution in [2.75, 3.05) is 27.3 Å². The predicted molar refractivity (Wildman–Crippen MR) is 95.3 cm³/mol. The van der Waals surface area contributed by atoms with Crippen LogP contribution in [-0.2, 0) is 9.53 Å². The Hall–Kier alpha value is -2.47. The average Bonchev–Trinajstić information content (AvgIpc) is 3.03. The molecule has 1 aromatic heterocycles. The zero-order chi connectivity index (χ0) is 17.9. The number of hydrogen-bond donors (Lipinski definition) is 1. The van der Waals surface area contributed by atoms with E-state index in [1.54, 1.807) is 25.1 Å². The number of carbonyl (C=O) groups excluding carboxylic acids is 2.